The van der Waals surface area contributed by atoms with E-state index in [0.717, 1.165) is 9.80 Å². The summed E-state index contributed by atoms with van der Waals surface area (Å²) in [6.07, 6.45) is 0. The van der Waals surface area contributed by atoms with Gasteiger partial charge in [0.05, 0.1) is 11.1 Å². The van der Waals surface area contributed by atoms with Gasteiger partial charge in [-0.2, -0.15) is 0 Å². The summed E-state index contributed by atoms with van der Waals surface area (Å²) >= 11 is 6.29. The van der Waals surface area contributed by atoms with Crippen LogP contribution >= 0.6 is 11.6 Å². The SMILES string of the molecule is C/C(O)=C(/C(=O)OC(C)(C)C)N1C(=O)[C@@H](N2C(=O)c3ccccc3C2=O)[C@@H]1Cl. The van der Waals surface area contributed by atoms with E-state index in [1.54, 1.807) is 32.9 Å². The van der Waals surface area contributed by atoms with E-state index in [2.05, 4.69) is 0 Å². The molecule has 0 unspecified atom stereocenters. The third-order valence-corrected chi connectivity index (χ3v) is 4.71. The molecule has 1 saturated heterocycles. The number of amides is 3. The van der Waals surface area contributed by atoms with Crippen LogP contribution in [0, 0.1) is 0 Å². The van der Waals surface area contributed by atoms with Gasteiger partial charge in [-0.05, 0) is 39.8 Å². The van der Waals surface area contributed by atoms with Crippen molar-refractivity contribution < 1.29 is 29.0 Å². The number of aliphatic hydroxyl groups is 1. The van der Waals surface area contributed by atoms with Gasteiger partial charge in [0, 0.05) is 0 Å². The van der Waals surface area contributed by atoms with Crippen LogP contribution in [0.5, 0.6) is 0 Å². The van der Waals surface area contributed by atoms with Crippen LogP contribution in [0.4, 0.5) is 0 Å². The summed E-state index contributed by atoms with van der Waals surface area (Å²) in [7, 11) is 0. The molecule has 8 nitrogen and oxygen atoms in total. The van der Waals surface area contributed by atoms with Gasteiger partial charge in [-0.15, -0.1) is 0 Å². The molecule has 148 valence electrons. The Hall–Kier alpha value is -2.87. The normalized spacial score (nSPS) is 22.7. The van der Waals surface area contributed by atoms with E-state index in [1.807, 2.05) is 0 Å². The first kappa shape index (κ1) is 19.9. The number of halogens is 1. The fourth-order valence-electron chi connectivity index (χ4n) is 3.12. The lowest BCUT2D eigenvalue weighted by atomic mass is 10.0. The van der Waals surface area contributed by atoms with Gasteiger partial charge in [0.15, 0.2) is 11.7 Å². The molecule has 2 atom stereocenters. The summed E-state index contributed by atoms with van der Waals surface area (Å²) in [6.45, 7) is 6.11. The molecule has 1 aromatic carbocycles. The highest BCUT2D eigenvalue weighted by Crippen LogP contribution is 2.37. The van der Waals surface area contributed by atoms with Crippen molar-refractivity contribution in [3.8, 4) is 0 Å². The molecule has 0 spiro atoms. The van der Waals surface area contributed by atoms with Crippen LogP contribution in [0.1, 0.15) is 48.4 Å². The Morgan fingerprint density at radius 3 is 2.00 bits per heavy atom. The maximum atomic E-state index is 12.8. The summed E-state index contributed by atoms with van der Waals surface area (Å²) in [4.78, 5) is 52.0. The topological polar surface area (TPSA) is 104 Å². The highest BCUT2D eigenvalue weighted by atomic mass is 35.5. The first-order chi connectivity index (χ1) is 13.0. The van der Waals surface area contributed by atoms with Gasteiger partial charge in [-0.1, -0.05) is 23.7 Å². The summed E-state index contributed by atoms with van der Waals surface area (Å²) in [6, 6.07) is 4.91. The zero-order chi connectivity index (χ0) is 21.0. The van der Waals surface area contributed by atoms with Gasteiger partial charge in [0.1, 0.15) is 16.9 Å². The molecule has 2 heterocycles. The van der Waals surface area contributed by atoms with Gasteiger partial charge in [0.2, 0.25) is 0 Å². The number of allylic oxidation sites excluding steroid dienone is 1. The number of esters is 1. The lowest BCUT2D eigenvalue weighted by molar-refractivity contribution is -0.160. The number of rotatable bonds is 3. The van der Waals surface area contributed by atoms with E-state index in [9.17, 15) is 24.3 Å². The van der Waals surface area contributed by atoms with Gasteiger partial charge < -0.3 is 9.84 Å². The van der Waals surface area contributed by atoms with Crippen molar-refractivity contribution in [3.05, 3.63) is 46.8 Å². The average molecular weight is 407 g/mol. The smallest absolute Gasteiger partial charge is 0.359 e. The summed E-state index contributed by atoms with van der Waals surface area (Å²) in [5.74, 6) is -3.43. The minimum atomic E-state index is -1.29. The first-order valence-corrected chi connectivity index (χ1v) is 8.96. The number of aliphatic hydroxyl groups excluding tert-OH is 1. The van der Waals surface area contributed by atoms with Crippen LogP contribution in [0.25, 0.3) is 0 Å². The lowest BCUT2D eigenvalue weighted by Crippen LogP contribution is -2.69. The second-order valence-corrected chi connectivity index (χ2v) is 7.93. The third-order valence-electron chi connectivity index (χ3n) is 4.28. The average Bonchev–Trinajstić information content (AvgIpc) is 2.83. The van der Waals surface area contributed by atoms with Crippen LogP contribution in [0.15, 0.2) is 35.7 Å². The predicted octanol–water partition coefficient (Wildman–Crippen LogP) is 2.19. The predicted molar refractivity (Wildman–Crippen MR) is 98.4 cm³/mol. The van der Waals surface area contributed by atoms with E-state index in [0.29, 0.717) is 0 Å². The maximum Gasteiger partial charge on any atom is 0.359 e. The number of alkyl halides is 1. The van der Waals surface area contributed by atoms with E-state index in [4.69, 9.17) is 16.3 Å². The van der Waals surface area contributed by atoms with Crippen molar-refractivity contribution in [3.63, 3.8) is 0 Å². The van der Waals surface area contributed by atoms with E-state index >= 15 is 0 Å². The van der Waals surface area contributed by atoms with Crippen molar-refractivity contribution >= 4 is 35.3 Å². The maximum absolute atomic E-state index is 12.8. The van der Waals surface area contributed by atoms with Crippen LogP contribution in [-0.4, -0.2) is 55.7 Å². The van der Waals surface area contributed by atoms with Crippen molar-refractivity contribution in [2.75, 3.05) is 0 Å². The Bertz CT molecular complexity index is 894. The molecule has 3 rings (SSSR count). The number of hydrogen-bond acceptors (Lipinski definition) is 6. The van der Waals surface area contributed by atoms with Crippen molar-refractivity contribution in [2.45, 2.75) is 44.8 Å². The number of likely N-dealkylation sites (tertiary alicyclic amines) is 1. The molecule has 1 aromatic rings. The number of fused-ring (bicyclic) bond motifs is 1. The number of carbonyl (C=O) groups is 4. The van der Waals surface area contributed by atoms with Gasteiger partial charge in [0.25, 0.3) is 17.7 Å². The van der Waals surface area contributed by atoms with E-state index in [-0.39, 0.29) is 11.1 Å². The molecular weight excluding hydrogens is 388 g/mol. The Kier molecular flexibility index (Phi) is 4.71. The van der Waals surface area contributed by atoms with Crippen molar-refractivity contribution in [2.24, 2.45) is 0 Å². The van der Waals surface area contributed by atoms with Crippen molar-refractivity contribution in [1.82, 2.24) is 9.80 Å². The molecule has 9 heteroatoms. The minimum absolute atomic E-state index is 0.184. The molecule has 2 aliphatic rings. The fourth-order valence-corrected chi connectivity index (χ4v) is 3.53. The number of carbonyl (C=O) groups excluding carboxylic acids is 4. The minimum Gasteiger partial charge on any atom is -0.510 e. The highest BCUT2D eigenvalue weighted by Gasteiger charge is 2.58. The summed E-state index contributed by atoms with van der Waals surface area (Å²) in [5, 5.41) is 9.93. The second kappa shape index (κ2) is 6.63. The van der Waals surface area contributed by atoms with E-state index in [1.165, 1.54) is 19.1 Å². The lowest BCUT2D eigenvalue weighted by Gasteiger charge is -2.46. The fraction of sp³-hybridized carbons (Fsp3) is 0.368. The standard InChI is InChI=1S/C19H19ClN2O6/c1-9(23)12(18(27)28-19(2,3)4)21-14(20)13(17(21)26)22-15(24)10-7-5-6-8-11(10)16(22)25/h5-8,13-14,23H,1-4H3/b12-9+/t13-,14+/m0/s1. The molecule has 0 bridgehead atoms. The van der Waals surface area contributed by atoms with Gasteiger partial charge >= 0.3 is 5.97 Å². The molecular formula is C19H19ClN2O6. The van der Waals surface area contributed by atoms with Crippen LogP contribution < -0.4 is 0 Å². The van der Waals surface area contributed by atoms with Gasteiger partial charge in [-0.25, -0.2) is 4.79 Å². The van der Waals surface area contributed by atoms with Crippen LogP contribution in [-0.2, 0) is 14.3 Å². The summed E-state index contributed by atoms with van der Waals surface area (Å²) in [5.41, 5.74) is -2.14. The Balaban J connectivity index is 1.88. The number of hydrogen-bond donors (Lipinski definition) is 1. The second-order valence-electron chi connectivity index (χ2n) is 7.49. The Labute approximate surface area is 166 Å². The molecule has 28 heavy (non-hydrogen) atoms. The Morgan fingerprint density at radius 2 is 1.61 bits per heavy atom. The van der Waals surface area contributed by atoms with Crippen LogP contribution in [0.3, 0.4) is 0 Å². The number of benzene rings is 1. The zero-order valence-electron chi connectivity index (χ0n) is 15.7. The number of imide groups is 1. The first-order valence-electron chi connectivity index (χ1n) is 8.53. The molecule has 0 saturated carbocycles. The highest BCUT2D eigenvalue weighted by molar-refractivity contribution is 6.30. The quantitative estimate of drug-likeness (QED) is 0.157. The third kappa shape index (κ3) is 3.03. The molecule has 0 aromatic heterocycles. The molecule has 0 radical (unpaired) electrons. The number of nitrogens with zero attached hydrogens (tertiary/aromatic N) is 2. The monoisotopic (exact) mass is 406 g/mol. The zero-order valence-corrected chi connectivity index (χ0v) is 16.5. The molecule has 3 amide bonds. The van der Waals surface area contributed by atoms with Crippen LogP contribution in [0.2, 0.25) is 0 Å². The van der Waals surface area contributed by atoms with Crippen molar-refractivity contribution in [1.29, 1.82) is 0 Å². The summed E-state index contributed by atoms with van der Waals surface area (Å²) < 4.78 is 5.21. The molecule has 0 aliphatic carbocycles. The molecule has 2 aliphatic heterocycles. The number of ether oxygens (including phenoxy) is 1. The van der Waals surface area contributed by atoms with E-state index < -0.39 is 52.3 Å². The van der Waals surface area contributed by atoms with Gasteiger partial charge in [-0.3, -0.25) is 24.2 Å². The number of β-lactam (4-membered cyclic amide) rings is 1. The molecule has 1 fully saturated rings. The molecule has 1 N–H and O–H groups in total. The largest absolute Gasteiger partial charge is 0.510 e. The Morgan fingerprint density at radius 1 is 1.11 bits per heavy atom.